The zero-order valence-corrected chi connectivity index (χ0v) is 21.0. The Morgan fingerprint density at radius 3 is 2.53 bits per heavy atom. The van der Waals surface area contributed by atoms with Crippen LogP contribution in [0.5, 0.6) is 5.75 Å². The summed E-state index contributed by atoms with van der Waals surface area (Å²) in [4.78, 5) is 26.9. The first kappa shape index (κ1) is 28.5. The number of carbonyl (C=O) groups is 1. The average Bonchev–Trinajstić information content (AvgIpc) is 3.27. The summed E-state index contributed by atoms with van der Waals surface area (Å²) in [5, 5.41) is 6.44. The third-order valence-corrected chi connectivity index (χ3v) is 5.41. The average molecular weight is 551 g/mol. The fourth-order valence-electron chi connectivity index (χ4n) is 3.67. The van der Waals surface area contributed by atoms with Crippen molar-refractivity contribution in [3.8, 4) is 22.6 Å². The molecule has 7 nitrogen and oxygen atoms in total. The van der Waals surface area contributed by atoms with Gasteiger partial charge in [-0.25, -0.2) is 9.07 Å². The monoisotopic (exact) mass is 550 g/mol. The maximum absolute atomic E-state index is 14.8. The van der Waals surface area contributed by atoms with Gasteiger partial charge in [-0.1, -0.05) is 12.1 Å². The van der Waals surface area contributed by atoms with E-state index < -0.39 is 35.4 Å². The van der Waals surface area contributed by atoms with Gasteiger partial charge in [0.1, 0.15) is 5.82 Å². The van der Waals surface area contributed by atoms with E-state index in [0.717, 1.165) is 17.7 Å². The lowest BCUT2D eigenvalue weighted by atomic mass is 10.0. The number of pyridine rings is 1. The zero-order valence-electron chi connectivity index (χ0n) is 20.2. The Morgan fingerprint density at radius 1 is 1.13 bits per heavy atom. The van der Waals surface area contributed by atoms with E-state index in [0.29, 0.717) is 11.1 Å². The molecule has 2 aromatic carbocycles. The van der Waals surface area contributed by atoms with Crippen LogP contribution in [0, 0.1) is 12.7 Å². The molecule has 1 amide bonds. The van der Waals surface area contributed by atoms with E-state index >= 15 is 0 Å². The first-order valence-corrected chi connectivity index (χ1v) is 11.2. The summed E-state index contributed by atoms with van der Waals surface area (Å²) < 4.78 is 61.7. The van der Waals surface area contributed by atoms with Crippen LogP contribution >= 0.6 is 12.4 Å². The number of nitrogens with zero attached hydrogens (tertiary/aromatic N) is 2. The standard InChI is InChI=1S/C26H22F4N4O3.ClH/c1-3-37-23-7-18(13-31-25(23)36)16-4-5-17(22(27)6-16)8-24(35)33-20-9-19(26(28,29)30)10-21(11-20)34-14-15(2)12-32-34;/h4-7,9-14H,3,8H2,1-2H3,(H,31,36)(H,33,35);1H. The van der Waals surface area contributed by atoms with Gasteiger partial charge in [0.15, 0.2) is 5.75 Å². The van der Waals surface area contributed by atoms with Crippen LogP contribution in [0.3, 0.4) is 0 Å². The molecule has 0 unspecified atom stereocenters. The number of hydrogen-bond donors (Lipinski definition) is 2. The van der Waals surface area contributed by atoms with Gasteiger partial charge in [-0.2, -0.15) is 18.3 Å². The number of H-pyrrole nitrogens is 1. The summed E-state index contributed by atoms with van der Waals surface area (Å²) in [6.45, 7) is 3.75. The Bertz CT molecular complexity index is 1520. The Balaban J connectivity index is 0.00000400. The van der Waals surface area contributed by atoms with Gasteiger partial charge in [-0.05, 0) is 60.9 Å². The van der Waals surface area contributed by atoms with Crippen LogP contribution in [-0.4, -0.2) is 27.3 Å². The molecule has 2 N–H and O–H groups in total. The van der Waals surface area contributed by atoms with Crippen molar-refractivity contribution in [3.05, 3.63) is 93.9 Å². The normalized spacial score (nSPS) is 11.1. The number of alkyl halides is 3. The number of aryl methyl sites for hydroxylation is 1. The second kappa shape index (κ2) is 11.5. The highest BCUT2D eigenvalue weighted by Gasteiger charge is 2.31. The summed E-state index contributed by atoms with van der Waals surface area (Å²) in [6, 6.07) is 8.74. The van der Waals surface area contributed by atoms with Gasteiger partial charge in [-0.15, -0.1) is 12.4 Å². The number of benzene rings is 2. The van der Waals surface area contributed by atoms with Gasteiger partial charge in [-0.3, -0.25) is 9.59 Å². The maximum atomic E-state index is 14.8. The first-order chi connectivity index (χ1) is 17.5. The van der Waals surface area contributed by atoms with Crippen LogP contribution in [0.4, 0.5) is 23.2 Å². The molecule has 4 aromatic rings. The Hall–Kier alpha value is -4.12. The van der Waals surface area contributed by atoms with Crippen molar-refractivity contribution < 1.29 is 27.1 Å². The van der Waals surface area contributed by atoms with Gasteiger partial charge in [0.05, 0.1) is 30.5 Å². The van der Waals surface area contributed by atoms with E-state index in [2.05, 4.69) is 15.4 Å². The van der Waals surface area contributed by atoms with Crippen LogP contribution in [0.1, 0.15) is 23.6 Å². The number of halogens is 5. The van der Waals surface area contributed by atoms with Gasteiger partial charge in [0, 0.05) is 23.6 Å². The van der Waals surface area contributed by atoms with Crippen LogP contribution in [0.25, 0.3) is 16.8 Å². The van der Waals surface area contributed by atoms with Crippen molar-refractivity contribution in [3.63, 3.8) is 0 Å². The maximum Gasteiger partial charge on any atom is 0.416 e. The summed E-state index contributed by atoms with van der Waals surface area (Å²) in [7, 11) is 0. The van der Waals surface area contributed by atoms with Crippen molar-refractivity contribution in [2.24, 2.45) is 0 Å². The molecule has 38 heavy (non-hydrogen) atoms. The molecular weight excluding hydrogens is 528 g/mol. The van der Waals surface area contributed by atoms with Gasteiger partial charge in [0.25, 0.3) is 5.56 Å². The SMILES string of the molecule is CCOc1cc(-c2ccc(CC(=O)Nc3cc(-n4cc(C)cn4)cc(C(F)(F)F)c3)c(F)c2)c[nH]c1=O.Cl. The minimum absolute atomic E-state index is 0. The van der Waals surface area contributed by atoms with E-state index in [9.17, 15) is 27.2 Å². The lowest BCUT2D eigenvalue weighted by Crippen LogP contribution is -2.16. The lowest BCUT2D eigenvalue weighted by Gasteiger charge is -2.13. The highest BCUT2D eigenvalue weighted by atomic mass is 35.5. The van der Waals surface area contributed by atoms with Crippen molar-refractivity contribution in [1.82, 2.24) is 14.8 Å². The smallest absolute Gasteiger partial charge is 0.416 e. The van der Waals surface area contributed by atoms with E-state index in [-0.39, 0.29) is 41.7 Å². The molecule has 0 aliphatic carbocycles. The van der Waals surface area contributed by atoms with Crippen molar-refractivity contribution in [2.75, 3.05) is 11.9 Å². The van der Waals surface area contributed by atoms with Crippen molar-refractivity contribution >= 4 is 24.0 Å². The van der Waals surface area contributed by atoms with Gasteiger partial charge >= 0.3 is 6.18 Å². The molecular formula is C26H23ClF4N4O3. The van der Waals surface area contributed by atoms with Crippen LogP contribution in [0.15, 0.2) is 65.8 Å². The fraction of sp³-hybridized carbons (Fsp3) is 0.192. The van der Waals surface area contributed by atoms with Crippen LogP contribution in [-0.2, 0) is 17.4 Å². The molecule has 0 saturated carbocycles. The lowest BCUT2D eigenvalue weighted by molar-refractivity contribution is -0.137. The molecule has 0 radical (unpaired) electrons. The summed E-state index contributed by atoms with van der Waals surface area (Å²) in [5.74, 6) is -1.29. The largest absolute Gasteiger partial charge is 0.488 e. The Morgan fingerprint density at radius 2 is 1.89 bits per heavy atom. The van der Waals surface area contributed by atoms with Gasteiger partial charge in [0.2, 0.25) is 5.91 Å². The number of aromatic nitrogens is 3. The Kier molecular flexibility index (Phi) is 8.62. The third kappa shape index (κ3) is 6.60. The van der Waals surface area contributed by atoms with Crippen molar-refractivity contribution in [2.45, 2.75) is 26.4 Å². The molecule has 0 aliphatic rings. The Labute approximate surface area is 220 Å². The number of anilines is 1. The number of aromatic amines is 1. The molecule has 0 spiro atoms. The summed E-state index contributed by atoms with van der Waals surface area (Å²) >= 11 is 0. The molecule has 0 aliphatic heterocycles. The summed E-state index contributed by atoms with van der Waals surface area (Å²) in [5.41, 5.74) is 0.372. The highest BCUT2D eigenvalue weighted by molar-refractivity contribution is 5.92. The highest BCUT2D eigenvalue weighted by Crippen LogP contribution is 2.33. The van der Waals surface area contributed by atoms with Crippen LogP contribution in [0.2, 0.25) is 0 Å². The van der Waals surface area contributed by atoms with Crippen molar-refractivity contribution in [1.29, 1.82) is 0 Å². The predicted octanol–water partition coefficient (Wildman–Crippen LogP) is 5.70. The van der Waals surface area contributed by atoms with E-state index in [1.807, 2.05) is 0 Å². The first-order valence-electron chi connectivity index (χ1n) is 11.2. The van der Waals surface area contributed by atoms with E-state index in [1.54, 1.807) is 26.1 Å². The molecule has 0 fully saturated rings. The van der Waals surface area contributed by atoms with Crippen LogP contribution < -0.4 is 15.6 Å². The molecule has 2 heterocycles. The van der Waals surface area contributed by atoms with E-state index in [1.165, 1.54) is 41.3 Å². The second-order valence-corrected chi connectivity index (χ2v) is 8.27. The second-order valence-electron chi connectivity index (χ2n) is 8.27. The zero-order chi connectivity index (χ0) is 26.7. The quantitative estimate of drug-likeness (QED) is 0.289. The number of amides is 1. The number of carbonyl (C=O) groups excluding carboxylic acids is 1. The number of rotatable bonds is 7. The minimum Gasteiger partial charge on any atom is -0.488 e. The molecule has 4 rings (SSSR count). The predicted molar refractivity (Wildman–Crippen MR) is 137 cm³/mol. The third-order valence-electron chi connectivity index (χ3n) is 5.41. The summed E-state index contributed by atoms with van der Waals surface area (Å²) in [6.07, 6.45) is -0.594. The molecule has 0 saturated heterocycles. The number of ether oxygens (including phenoxy) is 1. The van der Waals surface area contributed by atoms with E-state index in [4.69, 9.17) is 4.74 Å². The minimum atomic E-state index is -4.65. The number of nitrogens with one attached hydrogen (secondary N) is 2. The molecule has 200 valence electrons. The fourth-order valence-corrected chi connectivity index (χ4v) is 3.67. The molecule has 0 atom stereocenters. The molecule has 2 aromatic heterocycles. The van der Waals surface area contributed by atoms with Gasteiger partial charge < -0.3 is 15.0 Å². The number of hydrogen-bond acceptors (Lipinski definition) is 4. The topological polar surface area (TPSA) is 89.0 Å². The molecule has 12 heteroatoms. The molecule has 0 bridgehead atoms.